The van der Waals surface area contributed by atoms with Crippen molar-refractivity contribution in [2.45, 2.75) is 29.9 Å². The molecule has 2 heterocycles. The molecule has 1 saturated carbocycles. The number of rotatable bonds is 4. The minimum atomic E-state index is -0.777. The maximum absolute atomic E-state index is 12.5. The number of imide groups is 1. The first-order valence-corrected chi connectivity index (χ1v) is 8.15. The van der Waals surface area contributed by atoms with E-state index in [9.17, 15) is 14.4 Å². The Labute approximate surface area is 135 Å². The van der Waals surface area contributed by atoms with Gasteiger partial charge in [-0.25, -0.2) is 0 Å². The molecule has 7 heteroatoms. The number of fused-ring (bicyclic) bond motifs is 3. The molecule has 22 heavy (non-hydrogen) atoms. The Balaban J connectivity index is 1.40. The number of ether oxygens (including phenoxy) is 2. The van der Waals surface area contributed by atoms with E-state index in [1.165, 1.54) is 4.90 Å². The van der Waals surface area contributed by atoms with Gasteiger partial charge in [-0.1, -0.05) is 28.1 Å². The molecular formula is C15H16BrNO5. The lowest BCUT2D eigenvalue weighted by Crippen LogP contribution is -2.40. The average molecular weight is 370 g/mol. The highest BCUT2D eigenvalue weighted by Gasteiger charge is 2.80. The van der Waals surface area contributed by atoms with Gasteiger partial charge in [-0.3, -0.25) is 19.3 Å². The molecule has 2 saturated heterocycles. The highest BCUT2D eigenvalue weighted by Crippen LogP contribution is 2.67. The number of carbonyl (C=O) groups excluding carboxylic acids is 3. The van der Waals surface area contributed by atoms with E-state index in [1.807, 2.05) is 12.2 Å². The molecular weight excluding hydrogens is 354 g/mol. The van der Waals surface area contributed by atoms with Crippen LogP contribution < -0.4 is 0 Å². The minimum Gasteiger partial charge on any atom is -0.463 e. The van der Waals surface area contributed by atoms with Crippen LogP contribution in [0.2, 0.25) is 0 Å². The molecule has 3 fully saturated rings. The van der Waals surface area contributed by atoms with Crippen LogP contribution in [0.1, 0.15) is 13.8 Å². The SMILES string of the molecule is CC(C)(Br)C(=O)OCCN1C(=O)[C@@H]2C3OC34C=CC4[C@@H]2C1=O. The summed E-state index contributed by atoms with van der Waals surface area (Å²) in [6, 6.07) is 0. The molecule has 5 atom stereocenters. The fourth-order valence-electron chi connectivity index (χ4n) is 3.83. The first kappa shape index (κ1) is 14.4. The van der Waals surface area contributed by atoms with E-state index in [-0.39, 0.29) is 54.4 Å². The second-order valence-corrected chi connectivity index (χ2v) is 8.75. The molecule has 3 unspecified atom stereocenters. The molecule has 118 valence electrons. The zero-order valence-corrected chi connectivity index (χ0v) is 13.8. The number of alkyl halides is 1. The highest BCUT2D eigenvalue weighted by atomic mass is 79.9. The van der Waals surface area contributed by atoms with Gasteiger partial charge in [0.05, 0.1) is 18.4 Å². The number of halogens is 1. The van der Waals surface area contributed by atoms with Gasteiger partial charge in [0.15, 0.2) is 0 Å². The summed E-state index contributed by atoms with van der Waals surface area (Å²) in [7, 11) is 0. The molecule has 0 aromatic carbocycles. The zero-order chi connectivity index (χ0) is 15.9. The maximum atomic E-state index is 12.5. The Bertz CT molecular complexity index is 624. The van der Waals surface area contributed by atoms with Crippen molar-refractivity contribution in [3.05, 3.63) is 12.2 Å². The third kappa shape index (κ3) is 1.66. The fourth-order valence-corrected chi connectivity index (χ4v) is 3.95. The van der Waals surface area contributed by atoms with E-state index in [2.05, 4.69) is 15.9 Å². The second kappa shape index (κ2) is 4.20. The minimum absolute atomic E-state index is 0.0158. The molecule has 4 rings (SSSR count). The number of carbonyl (C=O) groups is 3. The second-order valence-electron chi connectivity index (χ2n) is 6.76. The molecule has 2 aliphatic carbocycles. The number of epoxide rings is 1. The van der Waals surface area contributed by atoms with Crippen LogP contribution in [0.4, 0.5) is 0 Å². The Morgan fingerprint density at radius 3 is 2.68 bits per heavy atom. The van der Waals surface area contributed by atoms with Gasteiger partial charge in [0, 0.05) is 5.92 Å². The van der Waals surface area contributed by atoms with Crippen LogP contribution in [0.15, 0.2) is 12.2 Å². The molecule has 6 nitrogen and oxygen atoms in total. The van der Waals surface area contributed by atoms with Crippen LogP contribution in [0.5, 0.6) is 0 Å². The predicted octanol–water partition coefficient (Wildman–Crippen LogP) is 0.641. The summed E-state index contributed by atoms with van der Waals surface area (Å²) in [5.74, 6) is -1.39. The topological polar surface area (TPSA) is 76.2 Å². The molecule has 4 aliphatic rings. The van der Waals surface area contributed by atoms with Crippen molar-refractivity contribution in [2.24, 2.45) is 17.8 Å². The van der Waals surface area contributed by atoms with Crippen molar-refractivity contribution in [1.29, 1.82) is 0 Å². The van der Waals surface area contributed by atoms with Gasteiger partial charge in [-0.2, -0.15) is 0 Å². The Morgan fingerprint density at radius 1 is 1.41 bits per heavy atom. The summed E-state index contributed by atoms with van der Waals surface area (Å²) >= 11 is 3.21. The number of likely N-dealkylation sites (tertiary alicyclic amines) is 1. The van der Waals surface area contributed by atoms with E-state index < -0.39 is 10.3 Å². The third-order valence-electron chi connectivity index (χ3n) is 5.04. The molecule has 2 aliphatic heterocycles. The predicted molar refractivity (Wildman–Crippen MR) is 77.9 cm³/mol. The summed E-state index contributed by atoms with van der Waals surface area (Å²) in [5.41, 5.74) is -0.320. The lowest BCUT2D eigenvalue weighted by molar-refractivity contribution is -0.149. The summed E-state index contributed by atoms with van der Waals surface area (Å²) in [4.78, 5) is 37.9. The summed E-state index contributed by atoms with van der Waals surface area (Å²) < 4.78 is 9.96. The van der Waals surface area contributed by atoms with E-state index in [0.29, 0.717) is 0 Å². The van der Waals surface area contributed by atoms with Crippen molar-refractivity contribution in [3.8, 4) is 0 Å². The quantitative estimate of drug-likeness (QED) is 0.239. The lowest BCUT2D eigenvalue weighted by Gasteiger charge is -2.27. The van der Waals surface area contributed by atoms with Crippen LogP contribution >= 0.6 is 15.9 Å². The summed E-state index contributed by atoms with van der Waals surface area (Å²) in [6.45, 7) is 3.48. The fraction of sp³-hybridized carbons (Fsp3) is 0.667. The monoisotopic (exact) mass is 369 g/mol. The number of hydrogen-bond donors (Lipinski definition) is 0. The normalized spacial score (nSPS) is 41.0. The van der Waals surface area contributed by atoms with Gasteiger partial charge >= 0.3 is 5.97 Å². The van der Waals surface area contributed by atoms with Gasteiger partial charge in [0.2, 0.25) is 11.8 Å². The Hall–Kier alpha value is -1.21. The number of nitrogens with zero attached hydrogens (tertiary/aromatic N) is 1. The van der Waals surface area contributed by atoms with E-state index in [0.717, 1.165) is 0 Å². The van der Waals surface area contributed by atoms with E-state index in [1.54, 1.807) is 13.8 Å². The molecule has 0 bridgehead atoms. The van der Waals surface area contributed by atoms with Crippen molar-refractivity contribution in [3.63, 3.8) is 0 Å². The highest BCUT2D eigenvalue weighted by molar-refractivity contribution is 9.10. The van der Waals surface area contributed by atoms with Crippen LogP contribution in [-0.4, -0.2) is 51.9 Å². The van der Waals surface area contributed by atoms with Gasteiger partial charge in [-0.15, -0.1) is 0 Å². The molecule has 0 aromatic heterocycles. The third-order valence-corrected chi connectivity index (χ3v) is 5.36. The Morgan fingerprint density at radius 2 is 2.09 bits per heavy atom. The molecule has 2 amide bonds. The zero-order valence-electron chi connectivity index (χ0n) is 12.2. The Kier molecular flexibility index (Phi) is 2.75. The number of esters is 1. The smallest absolute Gasteiger partial charge is 0.322 e. The number of amides is 2. The van der Waals surface area contributed by atoms with Crippen molar-refractivity contribution < 1.29 is 23.9 Å². The van der Waals surface area contributed by atoms with Crippen LogP contribution in [-0.2, 0) is 23.9 Å². The van der Waals surface area contributed by atoms with Gasteiger partial charge in [0.1, 0.15) is 22.6 Å². The maximum Gasteiger partial charge on any atom is 0.322 e. The summed E-state index contributed by atoms with van der Waals surface area (Å²) in [6.07, 6.45) is 3.79. The standard InChI is InChI=1S/C15H16BrNO5/c1-14(2,16)13(20)21-6-5-17-11(18)8-7-3-4-15(7)10(22-15)9(8)12(17)19/h3-4,7-10H,5-6H2,1-2H3/t7?,8-,9-,10?,15?/m0/s1. The van der Waals surface area contributed by atoms with E-state index >= 15 is 0 Å². The summed E-state index contributed by atoms with van der Waals surface area (Å²) in [5, 5.41) is 0. The largest absolute Gasteiger partial charge is 0.463 e. The van der Waals surface area contributed by atoms with Gasteiger partial charge in [-0.05, 0) is 13.8 Å². The van der Waals surface area contributed by atoms with Crippen molar-refractivity contribution >= 4 is 33.7 Å². The van der Waals surface area contributed by atoms with Gasteiger partial charge < -0.3 is 9.47 Å². The lowest BCUT2D eigenvalue weighted by atomic mass is 9.78. The van der Waals surface area contributed by atoms with Crippen molar-refractivity contribution in [2.75, 3.05) is 13.2 Å². The molecule has 0 radical (unpaired) electrons. The molecule has 0 aromatic rings. The average Bonchev–Trinajstić information content (AvgIpc) is 3.07. The van der Waals surface area contributed by atoms with Gasteiger partial charge in [0.25, 0.3) is 0 Å². The van der Waals surface area contributed by atoms with Crippen molar-refractivity contribution in [1.82, 2.24) is 4.90 Å². The van der Waals surface area contributed by atoms with E-state index in [4.69, 9.17) is 9.47 Å². The molecule has 1 spiro atoms. The van der Waals surface area contributed by atoms with Crippen LogP contribution in [0.3, 0.4) is 0 Å². The first-order chi connectivity index (χ1) is 10.3. The molecule has 0 N–H and O–H groups in total. The van der Waals surface area contributed by atoms with Crippen LogP contribution in [0, 0.1) is 17.8 Å². The number of hydrogen-bond acceptors (Lipinski definition) is 5. The first-order valence-electron chi connectivity index (χ1n) is 7.36. The van der Waals surface area contributed by atoms with Crippen LogP contribution in [0.25, 0.3) is 0 Å².